The van der Waals surface area contributed by atoms with Crippen LogP contribution in [0.5, 0.6) is 0 Å². The molecule has 1 rings (SSSR count). The maximum absolute atomic E-state index is 11.4. The predicted octanol–water partition coefficient (Wildman–Crippen LogP) is 2.68. The van der Waals surface area contributed by atoms with Gasteiger partial charge in [-0.25, -0.2) is 4.98 Å². The van der Waals surface area contributed by atoms with E-state index in [0.29, 0.717) is 6.54 Å². The number of esters is 1. The molecule has 1 heterocycles. The van der Waals surface area contributed by atoms with Gasteiger partial charge in [-0.15, -0.1) is 11.3 Å². The van der Waals surface area contributed by atoms with E-state index in [1.165, 1.54) is 7.11 Å². The number of thiazole rings is 1. The summed E-state index contributed by atoms with van der Waals surface area (Å²) in [5.41, 5.74) is 1.22. The summed E-state index contributed by atoms with van der Waals surface area (Å²) in [5.74, 6) is -0.279. The minimum atomic E-state index is -0.165. The number of ether oxygens (including phenoxy) is 1. The zero-order valence-corrected chi connectivity index (χ0v) is 13.5. The number of hydrogen-bond acceptors (Lipinski definition) is 5. The maximum atomic E-state index is 11.4. The third-order valence-corrected chi connectivity index (χ3v) is 3.75. The Balaban J connectivity index is 2.55. The van der Waals surface area contributed by atoms with Gasteiger partial charge in [0.15, 0.2) is 0 Å². The zero-order chi connectivity index (χ0) is 14.6. The van der Waals surface area contributed by atoms with Gasteiger partial charge in [0.1, 0.15) is 5.01 Å². The van der Waals surface area contributed by atoms with Crippen LogP contribution in [0.1, 0.15) is 38.4 Å². The molecule has 5 heteroatoms. The summed E-state index contributed by atoms with van der Waals surface area (Å²) < 4.78 is 4.73. The number of aromatic nitrogens is 1. The predicted molar refractivity (Wildman–Crippen MR) is 78.3 cm³/mol. The number of carbonyl (C=O) groups excluding carboxylic acids is 1. The molecular weight excluding hydrogens is 260 g/mol. The molecule has 4 nitrogen and oxygen atoms in total. The molecule has 1 unspecified atom stereocenters. The lowest BCUT2D eigenvalue weighted by Gasteiger charge is -2.19. The fourth-order valence-electron chi connectivity index (χ4n) is 1.77. The summed E-state index contributed by atoms with van der Waals surface area (Å²) in [6.45, 7) is 9.81. The Bertz CT molecular complexity index is 423. The van der Waals surface area contributed by atoms with Gasteiger partial charge in [0.25, 0.3) is 0 Å². The highest BCUT2D eigenvalue weighted by molar-refractivity contribution is 7.09. The molecule has 1 aromatic rings. The fourth-order valence-corrected chi connectivity index (χ4v) is 2.87. The van der Waals surface area contributed by atoms with Crippen LogP contribution in [0.3, 0.4) is 0 Å². The number of methoxy groups -OCH3 is 1. The zero-order valence-electron chi connectivity index (χ0n) is 12.7. The second-order valence-electron chi connectivity index (χ2n) is 6.00. The first-order valence-corrected chi connectivity index (χ1v) is 7.33. The molecule has 0 bridgehead atoms. The molecule has 0 N–H and O–H groups in total. The Hall–Kier alpha value is -0.940. The number of hydrogen-bond donors (Lipinski definition) is 0. The van der Waals surface area contributed by atoms with E-state index in [9.17, 15) is 4.79 Å². The van der Waals surface area contributed by atoms with E-state index in [-0.39, 0.29) is 17.3 Å². The van der Waals surface area contributed by atoms with Gasteiger partial charge in [0, 0.05) is 17.3 Å². The van der Waals surface area contributed by atoms with Gasteiger partial charge >= 0.3 is 5.97 Å². The first-order chi connectivity index (χ1) is 8.74. The van der Waals surface area contributed by atoms with Gasteiger partial charge in [-0.1, -0.05) is 27.7 Å². The Labute approximate surface area is 119 Å². The third-order valence-electron chi connectivity index (χ3n) is 2.91. The molecule has 108 valence electrons. The highest BCUT2D eigenvalue weighted by Crippen LogP contribution is 2.24. The van der Waals surface area contributed by atoms with Crippen LogP contribution in [0.2, 0.25) is 0 Å². The molecule has 0 spiro atoms. The van der Waals surface area contributed by atoms with E-state index < -0.39 is 0 Å². The maximum Gasteiger partial charge on any atom is 0.309 e. The van der Waals surface area contributed by atoms with Crippen LogP contribution in [0, 0.1) is 5.92 Å². The fraction of sp³-hybridized carbons (Fsp3) is 0.714. The second kappa shape index (κ2) is 6.48. The van der Waals surface area contributed by atoms with Crippen molar-refractivity contribution in [1.29, 1.82) is 0 Å². The molecule has 0 aliphatic rings. The van der Waals surface area contributed by atoms with E-state index in [1.54, 1.807) is 11.3 Å². The minimum absolute atomic E-state index is 0.0899. The van der Waals surface area contributed by atoms with Crippen molar-refractivity contribution in [2.45, 2.75) is 39.7 Å². The molecule has 0 aromatic carbocycles. The summed E-state index contributed by atoms with van der Waals surface area (Å²) in [7, 11) is 3.42. The van der Waals surface area contributed by atoms with E-state index >= 15 is 0 Å². The smallest absolute Gasteiger partial charge is 0.309 e. The van der Waals surface area contributed by atoms with Crippen molar-refractivity contribution in [3.8, 4) is 0 Å². The Morgan fingerprint density at radius 1 is 1.53 bits per heavy atom. The summed E-state index contributed by atoms with van der Waals surface area (Å²) in [6.07, 6.45) is 0. The van der Waals surface area contributed by atoms with Crippen molar-refractivity contribution in [2.24, 2.45) is 5.92 Å². The lowest BCUT2D eigenvalue weighted by atomic mass is 9.93. The average Bonchev–Trinajstić information content (AvgIpc) is 2.75. The van der Waals surface area contributed by atoms with Crippen molar-refractivity contribution in [1.82, 2.24) is 9.88 Å². The normalized spacial score (nSPS) is 13.6. The SMILES string of the molecule is COC(=O)C(C)CN(C)Cc1nc(C(C)(C)C)cs1. The van der Waals surface area contributed by atoms with Crippen LogP contribution in [-0.2, 0) is 21.5 Å². The van der Waals surface area contributed by atoms with E-state index in [1.807, 2.05) is 14.0 Å². The average molecular weight is 284 g/mol. The summed E-state index contributed by atoms with van der Waals surface area (Å²) in [4.78, 5) is 18.1. The number of rotatable bonds is 5. The Kier molecular flexibility index (Phi) is 5.50. The van der Waals surface area contributed by atoms with Gasteiger partial charge in [0.2, 0.25) is 0 Å². The Morgan fingerprint density at radius 3 is 2.63 bits per heavy atom. The standard InChI is InChI=1S/C14H24N2O2S/c1-10(13(17)18-6)7-16(5)8-12-15-11(9-19-12)14(2,3)4/h9-10H,7-8H2,1-6H3. The van der Waals surface area contributed by atoms with E-state index in [4.69, 9.17) is 4.74 Å². The highest BCUT2D eigenvalue weighted by Gasteiger charge is 2.19. The van der Waals surface area contributed by atoms with Gasteiger partial charge in [-0.05, 0) is 7.05 Å². The third kappa shape index (κ3) is 4.91. The van der Waals surface area contributed by atoms with Gasteiger partial charge in [0.05, 0.1) is 25.3 Å². The molecule has 19 heavy (non-hydrogen) atoms. The van der Waals surface area contributed by atoms with Gasteiger partial charge < -0.3 is 4.74 Å². The Morgan fingerprint density at radius 2 is 2.16 bits per heavy atom. The topological polar surface area (TPSA) is 42.4 Å². The largest absolute Gasteiger partial charge is 0.469 e. The van der Waals surface area contributed by atoms with Crippen molar-refractivity contribution < 1.29 is 9.53 Å². The molecule has 0 saturated carbocycles. The molecular formula is C14H24N2O2S. The molecule has 0 radical (unpaired) electrons. The van der Waals surface area contributed by atoms with Gasteiger partial charge in [-0.2, -0.15) is 0 Å². The van der Waals surface area contributed by atoms with Crippen molar-refractivity contribution >= 4 is 17.3 Å². The lowest BCUT2D eigenvalue weighted by molar-refractivity contribution is -0.145. The first-order valence-electron chi connectivity index (χ1n) is 6.45. The molecule has 1 atom stereocenters. The minimum Gasteiger partial charge on any atom is -0.469 e. The highest BCUT2D eigenvalue weighted by atomic mass is 32.1. The van der Waals surface area contributed by atoms with Crippen molar-refractivity contribution in [3.05, 3.63) is 16.1 Å². The summed E-state index contributed by atoms with van der Waals surface area (Å²) in [5, 5.41) is 3.21. The first kappa shape index (κ1) is 16.1. The van der Waals surface area contributed by atoms with Crippen molar-refractivity contribution in [3.63, 3.8) is 0 Å². The van der Waals surface area contributed by atoms with Gasteiger partial charge in [-0.3, -0.25) is 9.69 Å². The quantitative estimate of drug-likeness (QED) is 0.780. The lowest BCUT2D eigenvalue weighted by Crippen LogP contribution is -2.29. The molecule has 0 saturated heterocycles. The monoisotopic (exact) mass is 284 g/mol. The van der Waals surface area contributed by atoms with Crippen LogP contribution >= 0.6 is 11.3 Å². The molecule has 0 aliphatic heterocycles. The van der Waals surface area contributed by atoms with Crippen LogP contribution in [0.4, 0.5) is 0 Å². The number of nitrogens with zero attached hydrogens (tertiary/aromatic N) is 2. The second-order valence-corrected chi connectivity index (χ2v) is 6.94. The van der Waals surface area contributed by atoms with Crippen LogP contribution < -0.4 is 0 Å². The summed E-state index contributed by atoms with van der Waals surface area (Å²) >= 11 is 1.68. The molecule has 1 aromatic heterocycles. The summed E-state index contributed by atoms with van der Waals surface area (Å²) in [6, 6.07) is 0. The number of carbonyl (C=O) groups is 1. The van der Waals surface area contributed by atoms with Crippen LogP contribution in [0.25, 0.3) is 0 Å². The van der Waals surface area contributed by atoms with Crippen LogP contribution in [0.15, 0.2) is 5.38 Å². The van der Waals surface area contributed by atoms with Crippen LogP contribution in [-0.4, -0.2) is 36.6 Å². The molecule has 0 fully saturated rings. The molecule has 0 amide bonds. The van der Waals surface area contributed by atoms with E-state index in [0.717, 1.165) is 17.2 Å². The van der Waals surface area contributed by atoms with E-state index in [2.05, 4.69) is 36.0 Å². The van der Waals surface area contributed by atoms with Crippen molar-refractivity contribution in [2.75, 3.05) is 20.7 Å². The molecule has 0 aliphatic carbocycles.